The Hall–Kier alpha value is -3.15. The molecule has 0 spiro atoms. The van der Waals surface area contributed by atoms with Gasteiger partial charge in [-0.3, -0.25) is 14.9 Å². The lowest BCUT2D eigenvalue weighted by molar-refractivity contribution is -0.119. The van der Waals surface area contributed by atoms with Crippen LogP contribution in [0.3, 0.4) is 0 Å². The first kappa shape index (κ1) is 15.2. The topological polar surface area (TPSA) is 104 Å². The van der Waals surface area contributed by atoms with Gasteiger partial charge in [0.1, 0.15) is 5.75 Å². The fraction of sp³-hybridized carbons (Fsp3) is 0.0625. The van der Waals surface area contributed by atoms with Gasteiger partial charge in [-0.25, -0.2) is 4.79 Å². The molecule has 3 N–H and O–H groups in total. The summed E-state index contributed by atoms with van der Waals surface area (Å²) in [5.41, 5.74) is 0.708. The first-order chi connectivity index (χ1) is 10.5. The van der Waals surface area contributed by atoms with Crippen LogP contribution in [0.15, 0.2) is 48.5 Å². The summed E-state index contributed by atoms with van der Waals surface area (Å²) in [6.45, 7) is 0. The van der Waals surface area contributed by atoms with E-state index >= 15 is 0 Å². The highest BCUT2D eigenvalue weighted by molar-refractivity contribution is 6.06. The van der Waals surface area contributed by atoms with E-state index < -0.39 is 17.8 Å². The third-order valence-corrected chi connectivity index (χ3v) is 2.97. The Labute approximate surface area is 126 Å². The number of rotatable bonds is 4. The van der Waals surface area contributed by atoms with Crippen molar-refractivity contribution >= 4 is 17.8 Å². The molecule has 2 aromatic rings. The van der Waals surface area contributed by atoms with Crippen LogP contribution in [-0.4, -0.2) is 28.0 Å². The Bertz CT molecular complexity index is 722. The molecule has 0 fully saturated rings. The molecule has 0 saturated heterocycles. The standard InChI is InChI=1S/C16H13NO5/c18-13-4-2-1-3-12(13)15(20)17-14(19)9-10-5-7-11(8-6-10)16(21)22/h1-8,18H,9H2,(H,21,22)(H,17,19,20). The number of benzene rings is 2. The molecule has 22 heavy (non-hydrogen) atoms. The van der Waals surface area contributed by atoms with Crippen molar-refractivity contribution in [2.45, 2.75) is 6.42 Å². The number of nitrogens with one attached hydrogen (secondary N) is 1. The van der Waals surface area contributed by atoms with E-state index in [0.29, 0.717) is 5.56 Å². The normalized spacial score (nSPS) is 10.0. The number of carboxylic acids is 1. The molecular weight excluding hydrogens is 286 g/mol. The Morgan fingerprint density at radius 3 is 2.18 bits per heavy atom. The van der Waals surface area contributed by atoms with Gasteiger partial charge in [-0.15, -0.1) is 0 Å². The van der Waals surface area contributed by atoms with E-state index in [4.69, 9.17) is 5.11 Å². The number of carboxylic acid groups (broad SMARTS) is 1. The zero-order chi connectivity index (χ0) is 16.1. The predicted octanol–water partition coefficient (Wildman–Crippen LogP) is 1.59. The third-order valence-electron chi connectivity index (χ3n) is 2.97. The molecule has 0 heterocycles. The summed E-state index contributed by atoms with van der Waals surface area (Å²) in [6, 6.07) is 11.7. The maximum absolute atomic E-state index is 11.8. The maximum Gasteiger partial charge on any atom is 0.335 e. The number of aromatic hydroxyl groups is 1. The molecule has 0 aliphatic rings. The Balaban J connectivity index is 1.99. The zero-order valence-corrected chi connectivity index (χ0v) is 11.4. The van der Waals surface area contributed by atoms with E-state index in [0.717, 1.165) is 0 Å². The second kappa shape index (κ2) is 6.53. The quantitative estimate of drug-likeness (QED) is 0.795. The average Bonchev–Trinajstić information content (AvgIpc) is 2.48. The second-order valence-electron chi connectivity index (χ2n) is 4.57. The number of para-hydroxylation sites is 1. The molecule has 0 saturated carbocycles. The Kier molecular flexibility index (Phi) is 4.53. The fourth-order valence-corrected chi connectivity index (χ4v) is 1.85. The minimum absolute atomic E-state index is 0.0112. The van der Waals surface area contributed by atoms with E-state index in [9.17, 15) is 19.5 Å². The van der Waals surface area contributed by atoms with Crippen molar-refractivity contribution in [3.8, 4) is 5.75 Å². The molecule has 2 rings (SSSR count). The van der Waals surface area contributed by atoms with Crippen molar-refractivity contribution in [2.24, 2.45) is 0 Å². The molecule has 6 nitrogen and oxygen atoms in total. The largest absolute Gasteiger partial charge is 0.507 e. The van der Waals surface area contributed by atoms with Crippen molar-refractivity contribution in [3.05, 3.63) is 65.2 Å². The van der Waals surface area contributed by atoms with E-state index in [2.05, 4.69) is 5.32 Å². The van der Waals surface area contributed by atoms with Gasteiger partial charge in [0.05, 0.1) is 17.5 Å². The molecule has 0 aliphatic carbocycles. The lowest BCUT2D eigenvalue weighted by atomic mass is 10.1. The minimum Gasteiger partial charge on any atom is -0.507 e. The van der Waals surface area contributed by atoms with Gasteiger partial charge in [0.15, 0.2) is 0 Å². The van der Waals surface area contributed by atoms with Gasteiger partial charge in [-0.2, -0.15) is 0 Å². The molecule has 0 radical (unpaired) electrons. The number of imide groups is 1. The van der Waals surface area contributed by atoms with Crippen LogP contribution < -0.4 is 5.32 Å². The van der Waals surface area contributed by atoms with Gasteiger partial charge in [0.2, 0.25) is 5.91 Å². The summed E-state index contributed by atoms with van der Waals surface area (Å²) in [4.78, 5) is 34.4. The number of phenolic OH excluding ortho intramolecular Hbond substituents is 1. The van der Waals surface area contributed by atoms with Gasteiger partial charge >= 0.3 is 5.97 Å². The summed E-state index contributed by atoms with van der Waals surface area (Å²) in [5.74, 6) is -2.49. The highest BCUT2D eigenvalue weighted by atomic mass is 16.4. The smallest absolute Gasteiger partial charge is 0.335 e. The zero-order valence-electron chi connectivity index (χ0n) is 11.4. The molecule has 6 heteroatoms. The molecule has 2 amide bonds. The molecule has 2 aromatic carbocycles. The number of hydrogen-bond acceptors (Lipinski definition) is 4. The number of aromatic carboxylic acids is 1. The fourth-order valence-electron chi connectivity index (χ4n) is 1.85. The number of hydrogen-bond donors (Lipinski definition) is 3. The number of amides is 2. The van der Waals surface area contributed by atoms with Crippen molar-refractivity contribution in [2.75, 3.05) is 0 Å². The minimum atomic E-state index is -1.05. The lowest BCUT2D eigenvalue weighted by Crippen LogP contribution is -2.31. The monoisotopic (exact) mass is 299 g/mol. The van der Waals surface area contributed by atoms with Gasteiger partial charge in [-0.1, -0.05) is 24.3 Å². The first-order valence-corrected chi connectivity index (χ1v) is 6.42. The molecule has 0 aromatic heterocycles. The third kappa shape index (κ3) is 3.69. The second-order valence-corrected chi connectivity index (χ2v) is 4.57. The van der Waals surface area contributed by atoms with Crippen LogP contribution in [0.1, 0.15) is 26.3 Å². The molecule has 0 atom stereocenters. The van der Waals surface area contributed by atoms with Crippen molar-refractivity contribution < 1.29 is 24.6 Å². The molecule has 112 valence electrons. The van der Waals surface area contributed by atoms with E-state index in [1.807, 2.05) is 0 Å². The molecule has 0 unspecified atom stereocenters. The predicted molar refractivity (Wildman–Crippen MR) is 77.7 cm³/mol. The van der Waals surface area contributed by atoms with Crippen LogP contribution in [0.5, 0.6) is 5.75 Å². The highest BCUT2D eigenvalue weighted by Crippen LogP contribution is 2.15. The Morgan fingerprint density at radius 1 is 0.955 bits per heavy atom. The van der Waals surface area contributed by atoms with Crippen LogP contribution in [-0.2, 0) is 11.2 Å². The summed E-state index contributed by atoms with van der Waals surface area (Å²) in [5, 5.41) is 20.5. The van der Waals surface area contributed by atoms with Crippen LogP contribution in [0.2, 0.25) is 0 Å². The molecule has 0 bridgehead atoms. The lowest BCUT2D eigenvalue weighted by Gasteiger charge is -2.06. The number of carbonyl (C=O) groups is 3. The van der Waals surface area contributed by atoms with E-state index in [1.165, 1.54) is 36.4 Å². The van der Waals surface area contributed by atoms with Crippen molar-refractivity contribution in [1.82, 2.24) is 5.32 Å². The first-order valence-electron chi connectivity index (χ1n) is 6.42. The number of carbonyl (C=O) groups excluding carboxylic acids is 2. The number of phenols is 1. The van der Waals surface area contributed by atoms with Crippen LogP contribution in [0, 0.1) is 0 Å². The van der Waals surface area contributed by atoms with E-state index in [-0.39, 0.29) is 23.3 Å². The van der Waals surface area contributed by atoms with Crippen molar-refractivity contribution in [3.63, 3.8) is 0 Å². The van der Waals surface area contributed by atoms with Gasteiger partial charge in [0.25, 0.3) is 5.91 Å². The molecular formula is C16H13NO5. The van der Waals surface area contributed by atoms with E-state index in [1.54, 1.807) is 12.1 Å². The van der Waals surface area contributed by atoms with Crippen LogP contribution >= 0.6 is 0 Å². The average molecular weight is 299 g/mol. The summed E-state index contributed by atoms with van der Waals surface area (Å²) in [6.07, 6.45) is -0.0702. The van der Waals surface area contributed by atoms with Gasteiger partial charge in [-0.05, 0) is 29.8 Å². The summed E-state index contributed by atoms with van der Waals surface area (Å²) >= 11 is 0. The summed E-state index contributed by atoms with van der Waals surface area (Å²) in [7, 11) is 0. The van der Waals surface area contributed by atoms with Gasteiger partial charge in [0, 0.05) is 0 Å². The summed E-state index contributed by atoms with van der Waals surface area (Å²) < 4.78 is 0. The Morgan fingerprint density at radius 2 is 1.59 bits per heavy atom. The molecule has 0 aliphatic heterocycles. The van der Waals surface area contributed by atoms with Crippen LogP contribution in [0.4, 0.5) is 0 Å². The highest BCUT2D eigenvalue weighted by Gasteiger charge is 2.14. The van der Waals surface area contributed by atoms with Crippen molar-refractivity contribution in [1.29, 1.82) is 0 Å². The van der Waals surface area contributed by atoms with Crippen LogP contribution in [0.25, 0.3) is 0 Å². The maximum atomic E-state index is 11.8. The van der Waals surface area contributed by atoms with Gasteiger partial charge < -0.3 is 10.2 Å². The SMILES string of the molecule is O=C(Cc1ccc(C(=O)O)cc1)NC(=O)c1ccccc1O.